The molecule has 0 aromatic heterocycles. The van der Waals surface area contributed by atoms with Crippen LogP contribution in [0.5, 0.6) is 0 Å². The van der Waals surface area contributed by atoms with Crippen LogP contribution in [0.2, 0.25) is 0 Å². The lowest BCUT2D eigenvalue weighted by Crippen LogP contribution is -2.30. The molecule has 0 N–H and O–H groups in total. The molecule has 59 heavy (non-hydrogen) atoms. The molecule has 0 spiro atoms. The minimum absolute atomic E-state index is 0.0831. The Balaban J connectivity index is 4.40. The Morgan fingerprint density at radius 1 is 0.339 bits per heavy atom. The van der Waals surface area contributed by atoms with E-state index in [9.17, 15) is 14.4 Å². The quantitative estimate of drug-likeness (QED) is 0.0263. The largest absolute Gasteiger partial charge is 0.462 e. The molecule has 0 aliphatic carbocycles. The topological polar surface area (TPSA) is 78.9 Å². The van der Waals surface area contributed by atoms with Crippen LogP contribution in [0.1, 0.15) is 252 Å². The van der Waals surface area contributed by atoms with Crippen molar-refractivity contribution in [2.24, 2.45) is 0 Å². The summed E-state index contributed by atoms with van der Waals surface area (Å²) in [6, 6.07) is 0. The molecule has 0 amide bonds. The van der Waals surface area contributed by atoms with Gasteiger partial charge in [-0.05, 0) is 70.6 Å². The zero-order chi connectivity index (χ0) is 43.0. The van der Waals surface area contributed by atoms with E-state index < -0.39 is 6.10 Å². The van der Waals surface area contributed by atoms with E-state index in [-0.39, 0.29) is 31.1 Å². The van der Waals surface area contributed by atoms with Gasteiger partial charge in [0.05, 0.1) is 0 Å². The lowest BCUT2D eigenvalue weighted by Gasteiger charge is -2.18. The van der Waals surface area contributed by atoms with E-state index >= 15 is 0 Å². The zero-order valence-electron chi connectivity index (χ0n) is 39.0. The lowest BCUT2D eigenvalue weighted by atomic mass is 10.0. The maximum atomic E-state index is 12.8. The van der Waals surface area contributed by atoms with Crippen LogP contribution in [-0.2, 0) is 28.6 Å². The van der Waals surface area contributed by atoms with E-state index in [2.05, 4.69) is 69.4 Å². The standard InChI is InChI=1S/C53H94O6/c1-4-7-10-13-16-19-22-25-28-31-34-37-40-43-46-52(55)58-49-50(48-57-51(54)45-42-39-36-33-30-27-24-21-18-15-12-9-6-3)59-53(56)47-44-41-38-35-32-29-26-23-20-17-14-11-8-5-2/h12-13,15-16,21-22,24-25,50H,4-11,14,17-20,23,26-49H2,1-3H3/b15-12-,16-13-,24-21-,25-22-. The molecule has 342 valence electrons. The van der Waals surface area contributed by atoms with Crippen LogP contribution in [-0.4, -0.2) is 37.2 Å². The summed E-state index contributed by atoms with van der Waals surface area (Å²) in [7, 11) is 0. The SMILES string of the molecule is CCC/C=C\C/C=C\CCCCCCCC(=O)OCC(COC(=O)CCCCCCC/C=C\C/C=C\CCCC)OC(=O)CCCCCCCCCCCCCCCC. The fourth-order valence-corrected chi connectivity index (χ4v) is 6.97. The molecular weight excluding hydrogens is 733 g/mol. The molecule has 0 saturated heterocycles. The highest BCUT2D eigenvalue weighted by atomic mass is 16.6. The third kappa shape index (κ3) is 46.3. The first kappa shape index (κ1) is 56.4. The summed E-state index contributed by atoms with van der Waals surface area (Å²) in [5.41, 5.74) is 0. The van der Waals surface area contributed by atoms with Gasteiger partial charge in [0.1, 0.15) is 13.2 Å². The first-order valence-corrected chi connectivity index (χ1v) is 25.1. The molecule has 0 heterocycles. The fraction of sp³-hybridized carbons (Fsp3) is 0.792. The van der Waals surface area contributed by atoms with Crippen LogP contribution in [0, 0.1) is 0 Å². The predicted molar refractivity (Wildman–Crippen MR) is 252 cm³/mol. The normalized spacial score (nSPS) is 12.4. The van der Waals surface area contributed by atoms with Crippen molar-refractivity contribution in [3.63, 3.8) is 0 Å². The van der Waals surface area contributed by atoms with E-state index in [0.717, 1.165) is 103 Å². The van der Waals surface area contributed by atoms with E-state index in [1.54, 1.807) is 0 Å². The summed E-state index contributed by atoms with van der Waals surface area (Å²) < 4.78 is 16.8. The highest BCUT2D eigenvalue weighted by Gasteiger charge is 2.19. The van der Waals surface area contributed by atoms with Crippen molar-refractivity contribution in [1.29, 1.82) is 0 Å². The fourth-order valence-electron chi connectivity index (χ4n) is 6.97. The minimum Gasteiger partial charge on any atom is -0.462 e. The van der Waals surface area contributed by atoms with Crippen LogP contribution in [0.4, 0.5) is 0 Å². The van der Waals surface area contributed by atoms with Gasteiger partial charge < -0.3 is 14.2 Å². The van der Waals surface area contributed by atoms with Gasteiger partial charge in [0.25, 0.3) is 0 Å². The molecule has 0 bridgehead atoms. The summed E-state index contributed by atoms with van der Waals surface area (Å²) in [4.78, 5) is 37.9. The Kier molecular flexibility index (Phi) is 45.9. The molecule has 6 nitrogen and oxygen atoms in total. The average Bonchev–Trinajstić information content (AvgIpc) is 3.23. The summed E-state index contributed by atoms with van der Waals surface area (Å²) >= 11 is 0. The molecule has 0 aliphatic rings. The van der Waals surface area contributed by atoms with Crippen molar-refractivity contribution in [3.8, 4) is 0 Å². The third-order valence-electron chi connectivity index (χ3n) is 10.8. The Morgan fingerprint density at radius 2 is 0.661 bits per heavy atom. The Bertz CT molecular complexity index is 1040. The van der Waals surface area contributed by atoms with Gasteiger partial charge in [-0.1, -0.05) is 211 Å². The molecule has 0 saturated carbocycles. The average molecular weight is 827 g/mol. The van der Waals surface area contributed by atoms with Crippen molar-refractivity contribution in [2.45, 2.75) is 258 Å². The number of hydrogen-bond acceptors (Lipinski definition) is 6. The summed E-state index contributed by atoms with van der Waals surface area (Å²) in [5.74, 6) is -0.904. The minimum atomic E-state index is -0.780. The first-order chi connectivity index (χ1) is 29.0. The number of ether oxygens (including phenoxy) is 3. The Labute approximate surface area is 365 Å². The Morgan fingerprint density at radius 3 is 1.05 bits per heavy atom. The van der Waals surface area contributed by atoms with Crippen molar-refractivity contribution in [2.75, 3.05) is 13.2 Å². The number of unbranched alkanes of at least 4 members (excludes halogenated alkanes) is 26. The van der Waals surface area contributed by atoms with Crippen LogP contribution < -0.4 is 0 Å². The smallest absolute Gasteiger partial charge is 0.306 e. The lowest BCUT2D eigenvalue weighted by molar-refractivity contribution is -0.167. The molecule has 1 atom stereocenters. The van der Waals surface area contributed by atoms with Crippen LogP contribution >= 0.6 is 0 Å². The number of allylic oxidation sites excluding steroid dienone is 8. The molecular formula is C53H94O6. The summed E-state index contributed by atoms with van der Waals surface area (Å²) in [5, 5.41) is 0. The van der Waals surface area contributed by atoms with Gasteiger partial charge in [-0.2, -0.15) is 0 Å². The summed E-state index contributed by atoms with van der Waals surface area (Å²) in [6.45, 7) is 6.52. The second-order valence-electron chi connectivity index (χ2n) is 16.7. The highest BCUT2D eigenvalue weighted by molar-refractivity contribution is 5.71. The predicted octanol–water partition coefficient (Wildman–Crippen LogP) is 16.3. The summed E-state index contributed by atoms with van der Waals surface area (Å²) in [6.07, 6.45) is 56.6. The number of carbonyl (C=O) groups is 3. The van der Waals surface area contributed by atoms with Crippen molar-refractivity contribution < 1.29 is 28.6 Å². The van der Waals surface area contributed by atoms with Crippen LogP contribution in [0.15, 0.2) is 48.6 Å². The van der Waals surface area contributed by atoms with Crippen LogP contribution in [0.3, 0.4) is 0 Å². The highest BCUT2D eigenvalue weighted by Crippen LogP contribution is 2.15. The molecule has 0 rings (SSSR count). The number of carbonyl (C=O) groups excluding carboxylic acids is 3. The van der Waals surface area contributed by atoms with Crippen molar-refractivity contribution in [3.05, 3.63) is 48.6 Å². The van der Waals surface area contributed by atoms with E-state index in [1.807, 2.05) is 0 Å². The second kappa shape index (κ2) is 48.0. The van der Waals surface area contributed by atoms with Crippen molar-refractivity contribution >= 4 is 17.9 Å². The molecule has 0 radical (unpaired) electrons. The third-order valence-corrected chi connectivity index (χ3v) is 10.8. The van der Waals surface area contributed by atoms with Gasteiger partial charge in [-0.3, -0.25) is 14.4 Å². The molecule has 0 aromatic carbocycles. The first-order valence-electron chi connectivity index (χ1n) is 25.1. The zero-order valence-corrected chi connectivity index (χ0v) is 39.0. The maximum Gasteiger partial charge on any atom is 0.306 e. The van der Waals surface area contributed by atoms with Gasteiger partial charge >= 0.3 is 17.9 Å². The molecule has 6 heteroatoms. The maximum absolute atomic E-state index is 12.8. The Hall–Kier alpha value is -2.63. The molecule has 0 aliphatic heterocycles. The van der Waals surface area contributed by atoms with Gasteiger partial charge in [0.15, 0.2) is 6.10 Å². The second-order valence-corrected chi connectivity index (χ2v) is 16.7. The van der Waals surface area contributed by atoms with Crippen LogP contribution in [0.25, 0.3) is 0 Å². The molecule has 1 unspecified atom stereocenters. The molecule has 0 aromatic rings. The number of esters is 3. The monoisotopic (exact) mass is 827 g/mol. The van der Waals surface area contributed by atoms with E-state index in [4.69, 9.17) is 14.2 Å². The van der Waals surface area contributed by atoms with Crippen molar-refractivity contribution in [1.82, 2.24) is 0 Å². The van der Waals surface area contributed by atoms with Gasteiger partial charge in [-0.15, -0.1) is 0 Å². The van der Waals surface area contributed by atoms with Gasteiger partial charge in [0, 0.05) is 19.3 Å². The number of rotatable bonds is 45. The van der Waals surface area contributed by atoms with E-state index in [1.165, 1.54) is 109 Å². The van der Waals surface area contributed by atoms with Gasteiger partial charge in [0.2, 0.25) is 0 Å². The van der Waals surface area contributed by atoms with E-state index in [0.29, 0.717) is 19.3 Å². The number of hydrogen-bond donors (Lipinski definition) is 0. The van der Waals surface area contributed by atoms with Gasteiger partial charge in [-0.25, -0.2) is 0 Å². The molecule has 0 fully saturated rings.